The second kappa shape index (κ2) is 7.58. The second-order valence-electron chi connectivity index (χ2n) is 6.21. The van der Waals surface area contributed by atoms with E-state index >= 15 is 0 Å². The van der Waals surface area contributed by atoms with Crippen LogP contribution in [0.2, 0.25) is 5.02 Å². The van der Waals surface area contributed by atoms with E-state index in [1.54, 1.807) is 0 Å². The number of amides is 2. The Morgan fingerprint density at radius 3 is 2.79 bits per heavy atom. The van der Waals surface area contributed by atoms with Crippen molar-refractivity contribution in [2.45, 2.75) is 20.0 Å². The number of urea groups is 1. The zero-order valence-electron chi connectivity index (χ0n) is 13.7. The molecular formula is C19H21ClN2O2. The normalized spacial score (nSPS) is 16.9. The summed E-state index contributed by atoms with van der Waals surface area (Å²) in [5.74, 6) is 1.29. The van der Waals surface area contributed by atoms with E-state index in [0.29, 0.717) is 17.5 Å². The first kappa shape index (κ1) is 16.7. The van der Waals surface area contributed by atoms with Crippen LogP contribution >= 0.6 is 11.6 Å². The molecule has 1 unspecified atom stereocenters. The maximum absolute atomic E-state index is 12.2. The minimum absolute atomic E-state index is 0.0470. The number of halogens is 1. The van der Waals surface area contributed by atoms with Gasteiger partial charge < -0.3 is 15.0 Å². The van der Waals surface area contributed by atoms with Gasteiger partial charge in [0.25, 0.3) is 0 Å². The Hall–Kier alpha value is -2.20. The van der Waals surface area contributed by atoms with E-state index in [-0.39, 0.29) is 6.03 Å². The fourth-order valence-electron chi connectivity index (χ4n) is 2.73. The number of hydrogen-bond acceptors (Lipinski definition) is 2. The molecule has 2 aromatic carbocycles. The van der Waals surface area contributed by atoms with E-state index in [4.69, 9.17) is 16.3 Å². The highest BCUT2D eigenvalue weighted by Crippen LogP contribution is 2.21. The molecule has 1 heterocycles. The molecule has 2 amide bonds. The lowest BCUT2D eigenvalue weighted by molar-refractivity contribution is 0.221. The number of ether oxygens (including phenoxy) is 1. The van der Waals surface area contributed by atoms with Gasteiger partial charge >= 0.3 is 6.03 Å². The van der Waals surface area contributed by atoms with Crippen molar-refractivity contribution in [2.24, 2.45) is 5.92 Å². The van der Waals surface area contributed by atoms with Crippen molar-refractivity contribution >= 4 is 23.3 Å². The van der Waals surface area contributed by atoms with Gasteiger partial charge in [-0.2, -0.15) is 0 Å². The largest absolute Gasteiger partial charge is 0.489 e. The third kappa shape index (κ3) is 4.42. The molecular weight excluding hydrogens is 324 g/mol. The minimum Gasteiger partial charge on any atom is -0.489 e. The van der Waals surface area contributed by atoms with Crippen LogP contribution in [0.4, 0.5) is 10.5 Å². The summed E-state index contributed by atoms with van der Waals surface area (Å²) < 4.78 is 5.79. The molecule has 1 N–H and O–H groups in total. The number of rotatable bonds is 4. The topological polar surface area (TPSA) is 41.6 Å². The van der Waals surface area contributed by atoms with Crippen LogP contribution in [-0.4, -0.2) is 24.0 Å². The summed E-state index contributed by atoms with van der Waals surface area (Å²) in [6.45, 7) is 4.26. The molecule has 2 aromatic rings. The Bertz CT molecular complexity index is 703. The summed E-state index contributed by atoms with van der Waals surface area (Å²) in [6.07, 6.45) is 1.07. The zero-order chi connectivity index (χ0) is 16.9. The molecule has 5 heteroatoms. The van der Waals surface area contributed by atoms with Crippen LogP contribution in [0.1, 0.15) is 18.9 Å². The number of carbonyl (C=O) groups excluding carboxylic acids is 1. The first-order valence-corrected chi connectivity index (χ1v) is 8.51. The van der Waals surface area contributed by atoms with E-state index in [9.17, 15) is 4.79 Å². The SMILES string of the molecule is CC1CCN(C(=O)Nc2cccc(OCc3ccc(Cl)cc3)c2)C1. The lowest BCUT2D eigenvalue weighted by atomic mass is 10.2. The standard InChI is InChI=1S/C19H21ClN2O2/c1-14-9-10-22(12-14)19(23)21-17-3-2-4-18(11-17)24-13-15-5-7-16(20)8-6-15/h2-8,11,14H,9-10,12-13H2,1H3,(H,21,23). The number of carbonyl (C=O) groups is 1. The first-order valence-electron chi connectivity index (χ1n) is 8.13. The summed E-state index contributed by atoms with van der Waals surface area (Å²) in [5.41, 5.74) is 1.79. The second-order valence-corrected chi connectivity index (χ2v) is 6.65. The van der Waals surface area contributed by atoms with Gasteiger partial charge in [0.1, 0.15) is 12.4 Å². The smallest absolute Gasteiger partial charge is 0.321 e. The third-order valence-corrected chi connectivity index (χ3v) is 4.37. The molecule has 1 aliphatic rings. The number of likely N-dealkylation sites (tertiary alicyclic amines) is 1. The molecule has 0 aliphatic carbocycles. The summed E-state index contributed by atoms with van der Waals surface area (Å²) >= 11 is 5.88. The minimum atomic E-state index is -0.0470. The van der Waals surface area contributed by atoms with Gasteiger partial charge in [0.05, 0.1) is 0 Å². The predicted molar refractivity (Wildman–Crippen MR) is 96.6 cm³/mol. The van der Waals surface area contributed by atoms with Crippen molar-refractivity contribution in [1.29, 1.82) is 0 Å². The number of nitrogens with zero attached hydrogens (tertiary/aromatic N) is 1. The van der Waals surface area contributed by atoms with Crippen molar-refractivity contribution < 1.29 is 9.53 Å². The van der Waals surface area contributed by atoms with Crippen LogP contribution in [0.3, 0.4) is 0 Å². The van der Waals surface area contributed by atoms with Crippen molar-refractivity contribution in [3.63, 3.8) is 0 Å². The Morgan fingerprint density at radius 2 is 2.08 bits per heavy atom. The Balaban J connectivity index is 1.57. The zero-order valence-corrected chi connectivity index (χ0v) is 14.4. The Labute approximate surface area is 147 Å². The van der Waals surface area contributed by atoms with Crippen LogP contribution in [0.25, 0.3) is 0 Å². The van der Waals surface area contributed by atoms with Crippen LogP contribution in [-0.2, 0) is 6.61 Å². The number of benzene rings is 2. The van der Waals surface area contributed by atoms with E-state index in [1.807, 2.05) is 53.4 Å². The van der Waals surface area contributed by atoms with Crippen LogP contribution in [0.5, 0.6) is 5.75 Å². The highest BCUT2D eigenvalue weighted by molar-refractivity contribution is 6.30. The molecule has 0 spiro atoms. The van der Waals surface area contributed by atoms with Gasteiger partial charge in [-0.25, -0.2) is 4.79 Å². The average molecular weight is 345 g/mol. The van der Waals surface area contributed by atoms with Crippen molar-refractivity contribution in [3.8, 4) is 5.75 Å². The summed E-state index contributed by atoms with van der Waals surface area (Å²) in [4.78, 5) is 14.1. The summed E-state index contributed by atoms with van der Waals surface area (Å²) in [5, 5.41) is 3.65. The molecule has 0 radical (unpaired) electrons. The van der Waals surface area contributed by atoms with Gasteiger partial charge in [-0.05, 0) is 42.2 Å². The molecule has 0 aromatic heterocycles. The highest BCUT2D eigenvalue weighted by atomic mass is 35.5. The van der Waals surface area contributed by atoms with E-state index in [1.165, 1.54) is 0 Å². The Morgan fingerprint density at radius 1 is 1.29 bits per heavy atom. The maximum atomic E-state index is 12.2. The van der Waals surface area contributed by atoms with E-state index in [2.05, 4.69) is 12.2 Å². The molecule has 4 nitrogen and oxygen atoms in total. The molecule has 1 atom stereocenters. The van der Waals surface area contributed by atoms with Crippen molar-refractivity contribution in [1.82, 2.24) is 4.90 Å². The lowest BCUT2D eigenvalue weighted by Gasteiger charge is -2.17. The molecule has 126 valence electrons. The first-order chi connectivity index (χ1) is 11.6. The summed E-state index contributed by atoms with van der Waals surface area (Å²) in [6, 6.07) is 15.0. The Kier molecular flexibility index (Phi) is 5.26. The fourth-order valence-corrected chi connectivity index (χ4v) is 2.86. The quantitative estimate of drug-likeness (QED) is 0.866. The van der Waals surface area contributed by atoms with Crippen LogP contribution in [0.15, 0.2) is 48.5 Å². The number of hydrogen-bond donors (Lipinski definition) is 1. The molecule has 0 saturated carbocycles. The maximum Gasteiger partial charge on any atom is 0.321 e. The molecule has 1 fully saturated rings. The van der Waals surface area contributed by atoms with Gasteiger partial charge in [0.2, 0.25) is 0 Å². The fraction of sp³-hybridized carbons (Fsp3) is 0.316. The van der Waals surface area contributed by atoms with Gasteiger partial charge in [-0.1, -0.05) is 36.7 Å². The van der Waals surface area contributed by atoms with Crippen molar-refractivity contribution in [3.05, 3.63) is 59.1 Å². The molecule has 3 rings (SSSR count). The average Bonchev–Trinajstić information content (AvgIpc) is 3.01. The lowest BCUT2D eigenvalue weighted by Crippen LogP contribution is -2.32. The molecule has 0 bridgehead atoms. The number of anilines is 1. The molecule has 1 saturated heterocycles. The van der Waals surface area contributed by atoms with E-state index in [0.717, 1.165) is 36.5 Å². The van der Waals surface area contributed by atoms with Gasteiger partial charge in [-0.15, -0.1) is 0 Å². The van der Waals surface area contributed by atoms with Crippen LogP contribution in [0, 0.1) is 5.92 Å². The van der Waals surface area contributed by atoms with Crippen molar-refractivity contribution in [2.75, 3.05) is 18.4 Å². The van der Waals surface area contributed by atoms with Gasteiger partial charge in [0.15, 0.2) is 0 Å². The van der Waals surface area contributed by atoms with Gasteiger partial charge in [0, 0.05) is 29.9 Å². The highest BCUT2D eigenvalue weighted by Gasteiger charge is 2.23. The third-order valence-electron chi connectivity index (χ3n) is 4.12. The van der Waals surface area contributed by atoms with E-state index < -0.39 is 0 Å². The molecule has 24 heavy (non-hydrogen) atoms. The van der Waals surface area contributed by atoms with Gasteiger partial charge in [-0.3, -0.25) is 0 Å². The number of nitrogens with one attached hydrogen (secondary N) is 1. The van der Waals surface area contributed by atoms with Crippen LogP contribution < -0.4 is 10.1 Å². The summed E-state index contributed by atoms with van der Waals surface area (Å²) in [7, 11) is 0. The predicted octanol–water partition coefficient (Wildman–Crippen LogP) is 4.79. The monoisotopic (exact) mass is 344 g/mol. The molecule has 1 aliphatic heterocycles.